The Morgan fingerprint density at radius 2 is 1.08 bits per heavy atom. The number of hydrogen-bond donors (Lipinski definition) is 5. The van der Waals surface area contributed by atoms with Gasteiger partial charge in [0.25, 0.3) is 0 Å². The molecule has 2 heterocycles. The third kappa shape index (κ3) is 7.28. The van der Waals surface area contributed by atoms with Gasteiger partial charge in [-0.15, -0.1) is 0 Å². The molecule has 2 aromatic heterocycles. The Morgan fingerprint density at radius 3 is 1.52 bits per heavy atom. The number of aliphatic hydroxyl groups excluding tert-OH is 2. The van der Waals surface area contributed by atoms with Crippen LogP contribution >= 0.6 is 0 Å². The van der Waals surface area contributed by atoms with Gasteiger partial charge in [0.05, 0.1) is 59.9 Å². The van der Waals surface area contributed by atoms with E-state index in [4.69, 9.17) is 21.0 Å². The molecular formula is C52H86N6O4. The first-order chi connectivity index (χ1) is 28.6. The Balaban J connectivity index is 0.000000181. The summed E-state index contributed by atoms with van der Waals surface area (Å²) in [7, 11) is 0. The second-order valence-corrected chi connectivity index (χ2v) is 22.9. The quantitative estimate of drug-likeness (QED) is 0.184. The Kier molecular flexibility index (Phi) is 13.5. The molecule has 8 saturated carbocycles. The lowest BCUT2D eigenvalue weighted by Crippen LogP contribution is -2.62. The molecule has 0 bridgehead atoms. The van der Waals surface area contributed by atoms with Crippen molar-refractivity contribution in [3.05, 3.63) is 36.4 Å². The second kappa shape index (κ2) is 17.5. The van der Waals surface area contributed by atoms with Crippen molar-refractivity contribution in [1.29, 1.82) is 5.26 Å². The molecule has 8 aliphatic carbocycles. The molecule has 8 aliphatic rings. The third-order valence-corrected chi connectivity index (χ3v) is 20.8. The van der Waals surface area contributed by atoms with Crippen molar-refractivity contribution in [1.82, 2.24) is 19.1 Å². The molecule has 6 N–H and O–H groups in total. The Labute approximate surface area is 374 Å². The summed E-state index contributed by atoms with van der Waals surface area (Å²) in [6.45, 7) is 12.0. The molecule has 8 fully saturated rings. The van der Waals surface area contributed by atoms with E-state index in [0.29, 0.717) is 72.3 Å². The molecule has 0 radical (unpaired) electrons. The van der Waals surface area contributed by atoms with Crippen molar-refractivity contribution in [3.8, 4) is 6.07 Å². The maximum Gasteiger partial charge on any atom is 0.0949 e. The molecular weight excluding hydrogens is 773 g/mol. The molecule has 16 atom stereocenters. The molecule has 0 saturated heterocycles. The van der Waals surface area contributed by atoms with E-state index in [2.05, 4.69) is 50.7 Å². The van der Waals surface area contributed by atoms with Gasteiger partial charge in [0.15, 0.2) is 0 Å². The predicted octanol–water partition coefficient (Wildman–Crippen LogP) is 9.51. The molecule has 2 aromatic rings. The number of aryl methyl sites for hydroxylation is 2. The number of nitriles is 1. The first-order valence-electron chi connectivity index (χ1n) is 24.5. The summed E-state index contributed by atoms with van der Waals surface area (Å²) < 4.78 is 4.21. The number of nitrogens with zero attached hydrogens (tertiary/aromatic N) is 5. The standard InChI is InChI=1S/C25H41N3O2.C25H37N3O2.2CH4/c2*1-23-9-6-18(29)14-17(23)4-5-20-19(23)7-10-24(2)21(8-11-25(20,24)30)22-15-28(16-27-22)13-3-12-26;;/h15-21,29-30H,3-14,26H2,1-2H3;15-21,29-30H,3-11,13-14H2,1-2H3;2*1H4/t2*17-,18+,19?,20?,21-,23+,24-,25+;;/m11../s1. The van der Waals surface area contributed by atoms with Crippen LogP contribution in [0.2, 0.25) is 0 Å². The van der Waals surface area contributed by atoms with Gasteiger partial charge in [0.1, 0.15) is 0 Å². The maximum absolute atomic E-state index is 12.3. The van der Waals surface area contributed by atoms with E-state index >= 15 is 0 Å². The Bertz CT molecular complexity index is 1890. The van der Waals surface area contributed by atoms with Crippen LogP contribution in [0.15, 0.2) is 25.0 Å². The monoisotopic (exact) mass is 859 g/mol. The zero-order valence-electron chi connectivity index (χ0n) is 37.4. The first kappa shape index (κ1) is 47.7. The van der Waals surface area contributed by atoms with E-state index < -0.39 is 11.2 Å². The van der Waals surface area contributed by atoms with Gasteiger partial charge >= 0.3 is 0 Å². The molecule has 0 amide bonds. The van der Waals surface area contributed by atoms with Crippen LogP contribution in [0.3, 0.4) is 0 Å². The second-order valence-electron chi connectivity index (χ2n) is 22.9. The van der Waals surface area contributed by atoms with Crippen LogP contribution in [-0.4, -0.2) is 69.5 Å². The topological polar surface area (TPSA) is 166 Å². The molecule has 62 heavy (non-hydrogen) atoms. The van der Waals surface area contributed by atoms with Crippen LogP contribution in [0.4, 0.5) is 0 Å². The zero-order valence-corrected chi connectivity index (χ0v) is 37.4. The summed E-state index contributed by atoms with van der Waals surface area (Å²) >= 11 is 0. The van der Waals surface area contributed by atoms with E-state index in [0.717, 1.165) is 115 Å². The highest BCUT2D eigenvalue weighted by Crippen LogP contribution is 2.72. The Morgan fingerprint density at radius 1 is 0.629 bits per heavy atom. The smallest absolute Gasteiger partial charge is 0.0949 e. The van der Waals surface area contributed by atoms with Gasteiger partial charge in [0.2, 0.25) is 0 Å². The average Bonchev–Trinajstić information content (AvgIpc) is 4.01. The van der Waals surface area contributed by atoms with Gasteiger partial charge in [0, 0.05) is 48.1 Å². The summed E-state index contributed by atoms with van der Waals surface area (Å²) in [5, 5.41) is 53.9. The highest BCUT2D eigenvalue weighted by molar-refractivity contribution is 5.26. The van der Waals surface area contributed by atoms with Crippen molar-refractivity contribution in [2.75, 3.05) is 6.54 Å². The van der Waals surface area contributed by atoms with Crippen LogP contribution in [0.1, 0.15) is 194 Å². The SMILES string of the molecule is C.C.C[C@]12CC[C@H](O)C[C@H]1CCC1C2CC[C@]2(C)[C@@H](c3cn(CCC#N)cn3)CC[C@]12O.C[C@]12CC[C@H](O)C[C@H]1CCC1C2CC[C@]2(C)[C@@H](c3cn(CCCN)cn3)CC[C@]12O. The van der Waals surface area contributed by atoms with Crippen molar-refractivity contribution in [2.24, 2.45) is 62.9 Å². The summed E-state index contributed by atoms with van der Waals surface area (Å²) in [5.41, 5.74) is 7.12. The minimum atomic E-state index is -0.610. The normalized spacial score (nSPS) is 46.4. The molecule has 10 nitrogen and oxygen atoms in total. The maximum atomic E-state index is 12.3. The lowest BCUT2D eigenvalue weighted by atomic mass is 9.43. The molecule has 348 valence electrons. The van der Waals surface area contributed by atoms with Crippen LogP contribution < -0.4 is 5.73 Å². The fourth-order valence-electron chi connectivity index (χ4n) is 17.2. The highest BCUT2D eigenvalue weighted by atomic mass is 16.3. The van der Waals surface area contributed by atoms with Crippen LogP contribution in [0.25, 0.3) is 0 Å². The average molecular weight is 859 g/mol. The lowest BCUT2D eigenvalue weighted by molar-refractivity contribution is -0.205. The minimum absolute atomic E-state index is 0. The van der Waals surface area contributed by atoms with E-state index in [-0.39, 0.29) is 43.3 Å². The predicted molar refractivity (Wildman–Crippen MR) is 246 cm³/mol. The number of aromatic nitrogens is 4. The molecule has 0 spiro atoms. The lowest BCUT2D eigenvalue weighted by Gasteiger charge is -2.63. The number of fused-ring (bicyclic) bond motifs is 10. The highest BCUT2D eigenvalue weighted by Gasteiger charge is 2.69. The molecule has 0 aliphatic heterocycles. The van der Waals surface area contributed by atoms with Crippen molar-refractivity contribution in [3.63, 3.8) is 0 Å². The number of aliphatic hydroxyl groups is 4. The summed E-state index contributed by atoms with van der Waals surface area (Å²) in [6, 6.07) is 2.21. The van der Waals surface area contributed by atoms with E-state index in [9.17, 15) is 20.4 Å². The number of hydrogen-bond acceptors (Lipinski definition) is 8. The van der Waals surface area contributed by atoms with Gasteiger partial charge < -0.3 is 35.3 Å². The summed E-state index contributed by atoms with van der Waals surface area (Å²) in [6.07, 6.45) is 28.4. The third-order valence-electron chi connectivity index (χ3n) is 20.8. The number of imidazole rings is 2. The molecule has 10 heteroatoms. The Hall–Kier alpha value is -2.29. The zero-order chi connectivity index (χ0) is 42.3. The van der Waals surface area contributed by atoms with Crippen molar-refractivity contribution >= 4 is 0 Å². The summed E-state index contributed by atoms with van der Waals surface area (Å²) in [5.74, 6) is 3.84. The van der Waals surface area contributed by atoms with Gasteiger partial charge in [-0.3, -0.25) is 0 Å². The van der Waals surface area contributed by atoms with E-state index in [1.807, 2.05) is 17.2 Å². The van der Waals surface area contributed by atoms with Gasteiger partial charge in [-0.05, 0) is 175 Å². The molecule has 10 rings (SSSR count). The van der Waals surface area contributed by atoms with Crippen LogP contribution in [0, 0.1) is 68.5 Å². The minimum Gasteiger partial charge on any atom is -0.393 e. The number of nitrogens with two attached hydrogens (primary N) is 1. The van der Waals surface area contributed by atoms with Crippen LogP contribution in [0.5, 0.6) is 0 Å². The largest absolute Gasteiger partial charge is 0.393 e. The first-order valence-corrected chi connectivity index (χ1v) is 24.5. The summed E-state index contributed by atoms with van der Waals surface area (Å²) in [4.78, 5) is 9.52. The fraction of sp³-hybridized carbons (Fsp3) is 0.865. The van der Waals surface area contributed by atoms with Crippen LogP contribution in [-0.2, 0) is 13.1 Å². The van der Waals surface area contributed by atoms with Gasteiger partial charge in [-0.25, -0.2) is 9.97 Å². The molecule has 0 aromatic carbocycles. The fourth-order valence-corrected chi connectivity index (χ4v) is 17.2. The van der Waals surface area contributed by atoms with E-state index in [1.54, 1.807) is 0 Å². The van der Waals surface area contributed by atoms with Crippen molar-refractivity contribution in [2.45, 2.75) is 219 Å². The van der Waals surface area contributed by atoms with Crippen molar-refractivity contribution < 1.29 is 20.4 Å². The molecule has 4 unspecified atom stereocenters. The number of rotatable bonds is 7. The van der Waals surface area contributed by atoms with Gasteiger partial charge in [-0.2, -0.15) is 5.26 Å². The van der Waals surface area contributed by atoms with Gasteiger partial charge in [-0.1, -0.05) is 42.5 Å². The van der Waals surface area contributed by atoms with E-state index in [1.165, 1.54) is 25.0 Å².